The molecule has 3 heterocycles. The molecule has 3 aliphatic heterocycles. The lowest BCUT2D eigenvalue weighted by atomic mass is 9.82. The minimum Gasteiger partial charge on any atom is -0.449 e. The maximum Gasteiger partial charge on any atom is 0.404 e. The molecule has 1 aromatic carbocycles. The maximum absolute atomic E-state index is 12.0. The van der Waals surface area contributed by atoms with Crippen molar-refractivity contribution in [3.8, 4) is 5.75 Å². The Bertz CT molecular complexity index is 934. The molecule has 0 aliphatic carbocycles. The molecule has 1 aromatic rings. The second-order valence-corrected chi connectivity index (χ2v) is 7.19. The summed E-state index contributed by atoms with van der Waals surface area (Å²) in [7, 11) is 0. The monoisotopic (exact) mass is 405 g/mol. The second-order valence-electron chi connectivity index (χ2n) is 7.19. The summed E-state index contributed by atoms with van der Waals surface area (Å²) in [5, 5.41) is 12.8. The number of hydrogen-bond donors (Lipinski definition) is 2. The van der Waals surface area contributed by atoms with Gasteiger partial charge in [0.1, 0.15) is 24.7 Å². The topological polar surface area (TPSA) is 148 Å². The summed E-state index contributed by atoms with van der Waals surface area (Å²) >= 11 is 0. The highest BCUT2D eigenvalue weighted by atomic mass is 16.8. The van der Waals surface area contributed by atoms with E-state index < -0.39 is 36.4 Å². The number of anilines is 1. The molecule has 3 aliphatic rings. The predicted octanol–water partition coefficient (Wildman–Crippen LogP) is -0.344. The van der Waals surface area contributed by atoms with E-state index in [9.17, 15) is 24.3 Å². The SMILES string of the molecule is CC(=O)Oc1cc(C=O)cc2c1C(COC(N)=O)C1(O)ON2CC2C1N2C(C)=O. The van der Waals surface area contributed by atoms with Crippen LogP contribution in [0.5, 0.6) is 5.75 Å². The van der Waals surface area contributed by atoms with Crippen molar-refractivity contribution in [2.75, 3.05) is 18.2 Å². The van der Waals surface area contributed by atoms with Crippen LogP contribution < -0.4 is 15.5 Å². The van der Waals surface area contributed by atoms with Gasteiger partial charge in [0.2, 0.25) is 11.7 Å². The number of nitrogens with two attached hydrogens (primary N) is 1. The van der Waals surface area contributed by atoms with E-state index in [1.54, 1.807) is 0 Å². The van der Waals surface area contributed by atoms with Gasteiger partial charge in [0, 0.05) is 25.0 Å². The number of ether oxygens (including phenoxy) is 2. The van der Waals surface area contributed by atoms with Crippen molar-refractivity contribution in [3.05, 3.63) is 23.3 Å². The molecule has 4 atom stereocenters. The van der Waals surface area contributed by atoms with Crippen LogP contribution in [0.25, 0.3) is 0 Å². The number of aliphatic hydroxyl groups is 1. The number of hydroxylamine groups is 1. The lowest BCUT2D eigenvalue weighted by molar-refractivity contribution is -0.250. The molecular weight excluding hydrogens is 386 g/mol. The first-order valence-electron chi connectivity index (χ1n) is 8.89. The van der Waals surface area contributed by atoms with E-state index in [0.717, 1.165) is 0 Å². The van der Waals surface area contributed by atoms with Crippen molar-refractivity contribution in [1.29, 1.82) is 0 Å². The van der Waals surface area contributed by atoms with E-state index in [1.165, 1.54) is 35.9 Å². The van der Waals surface area contributed by atoms with Crippen LogP contribution >= 0.6 is 0 Å². The highest BCUT2D eigenvalue weighted by Gasteiger charge is 2.71. The van der Waals surface area contributed by atoms with Gasteiger partial charge in [-0.05, 0) is 12.1 Å². The normalized spacial score (nSPS) is 28.7. The van der Waals surface area contributed by atoms with Crippen LogP contribution in [0.15, 0.2) is 12.1 Å². The predicted molar refractivity (Wildman–Crippen MR) is 94.9 cm³/mol. The summed E-state index contributed by atoms with van der Waals surface area (Å²) in [6.07, 6.45) is -0.489. The largest absolute Gasteiger partial charge is 0.449 e. The first kappa shape index (κ1) is 19.2. The zero-order valence-electron chi connectivity index (χ0n) is 15.7. The summed E-state index contributed by atoms with van der Waals surface area (Å²) in [6, 6.07) is 1.85. The molecule has 154 valence electrons. The zero-order valence-corrected chi connectivity index (χ0v) is 15.7. The Morgan fingerprint density at radius 1 is 1.38 bits per heavy atom. The van der Waals surface area contributed by atoms with Gasteiger partial charge in [-0.15, -0.1) is 0 Å². The fraction of sp³-hybridized carbons (Fsp3) is 0.444. The first-order chi connectivity index (χ1) is 13.7. The van der Waals surface area contributed by atoms with Gasteiger partial charge in [0.15, 0.2) is 0 Å². The van der Waals surface area contributed by atoms with Gasteiger partial charge in [-0.25, -0.2) is 14.7 Å². The molecule has 2 amide bonds. The van der Waals surface area contributed by atoms with Gasteiger partial charge in [-0.3, -0.25) is 14.4 Å². The van der Waals surface area contributed by atoms with Crippen LogP contribution in [0.3, 0.4) is 0 Å². The molecule has 2 bridgehead atoms. The third kappa shape index (κ3) is 2.89. The van der Waals surface area contributed by atoms with Crippen molar-refractivity contribution >= 4 is 29.9 Å². The third-order valence-electron chi connectivity index (χ3n) is 5.37. The molecule has 2 saturated heterocycles. The average Bonchev–Trinajstić information content (AvgIpc) is 3.36. The van der Waals surface area contributed by atoms with Crippen molar-refractivity contribution in [2.45, 2.75) is 37.6 Å². The summed E-state index contributed by atoms with van der Waals surface area (Å²) < 4.78 is 10.2. The smallest absolute Gasteiger partial charge is 0.404 e. The van der Waals surface area contributed by atoms with Crippen molar-refractivity contribution in [1.82, 2.24) is 4.90 Å². The number of carbonyl (C=O) groups is 4. The number of esters is 1. The quantitative estimate of drug-likeness (QED) is 0.297. The number of benzene rings is 1. The van der Waals surface area contributed by atoms with Crippen LogP contribution in [0.1, 0.15) is 35.7 Å². The Kier molecular flexibility index (Phi) is 4.24. The molecule has 2 fully saturated rings. The van der Waals surface area contributed by atoms with Crippen LogP contribution in [-0.2, 0) is 19.2 Å². The average molecular weight is 405 g/mol. The minimum atomic E-state index is -1.95. The van der Waals surface area contributed by atoms with E-state index in [4.69, 9.17) is 20.0 Å². The van der Waals surface area contributed by atoms with E-state index >= 15 is 0 Å². The third-order valence-corrected chi connectivity index (χ3v) is 5.37. The van der Waals surface area contributed by atoms with Crippen LogP contribution in [0, 0.1) is 0 Å². The standard InChI is InChI=1S/C18H19N3O8/c1-8(23)21-13-5-20-12-3-10(6-22)4-14(28-9(2)24)15(12)11(7-27-17(19)25)18(26,29-20)16(13)21/h3-4,6,11,13,16,26H,5,7H2,1-2H3,(H2,19,25). The minimum absolute atomic E-state index is 0.0235. The number of amides is 2. The molecule has 0 radical (unpaired) electrons. The fourth-order valence-electron chi connectivity index (χ4n) is 4.30. The molecule has 3 N–H and O–H groups in total. The lowest BCUT2D eigenvalue weighted by Crippen LogP contribution is -2.59. The molecule has 11 heteroatoms. The Labute approximate surface area is 164 Å². The Morgan fingerprint density at radius 2 is 2.10 bits per heavy atom. The molecule has 29 heavy (non-hydrogen) atoms. The van der Waals surface area contributed by atoms with Crippen molar-refractivity contribution in [2.24, 2.45) is 5.73 Å². The van der Waals surface area contributed by atoms with Gasteiger partial charge >= 0.3 is 12.1 Å². The van der Waals surface area contributed by atoms with Gasteiger partial charge in [0.05, 0.1) is 24.2 Å². The van der Waals surface area contributed by atoms with E-state index in [1.807, 2.05) is 0 Å². The summed E-state index contributed by atoms with van der Waals surface area (Å²) in [4.78, 5) is 53.5. The van der Waals surface area contributed by atoms with Crippen LogP contribution in [0.2, 0.25) is 0 Å². The van der Waals surface area contributed by atoms with Gasteiger partial charge in [-0.2, -0.15) is 0 Å². The van der Waals surface area contributed by atoms with Crippen molar-refractivity contribution < 1.29 is 38.6 Å². The van der Waals surface area contributed by atoms with E-state index in [2.05, 4.69) is 0 Å². The van der Waals surface area contributed by atoms with E-state index in [0.29, 0.717) is 17.5 Å². The Balaban J connectivity index is 1.88. The molecule has 0 spiro atoms. The molecule has 11 nitrogen and oxygen atoms in total. The Morgan fingerprint density at radius 3 is 2.69 bits per heavy atom. The second kappa shape index (κ2) is 6.42. The zero-order chi connectivity index (χ0) is 21.1. The van der Waals surface area contributed by atoms with Crippen LogP contribution in [0.4, 0.5) is 10.5 Å². The molecule has 0 aromatic heterocycles. The van der Waals surface area contributed by atoms with Gasteiger partial charge < -0.3 is 25.2 Å². The summed E-state index contributed by atoms with van der Waals surface area (Å²) in [6.45, 7) is 2.41. The number of carbonyl (C=O) groups excluding carboxylic acids is 4. The molecule has 4 unspecified atom stereocenters. The van der Waals surface area contributed by atoms with Gasteiger partial charge in [0.25, 0.3) is 0 Å². The van der Waals surface area contributed by atoms with E-state index in [-0.39, 0.29) is 29.8 Å². The Hall–Kier alpha value is -3.18. The first-order valence-corrected chi connectivity index (χ1v) is 8.89. The lowest BCUT2D eigenvalue weighted by Gasteiger charge is -2.47. The maximum atomic E-state index is 12.0. The van der Waals surface area contributed by atoms with Crippen molar-refractivity contribution in [3.63, 3.8) is 0 Å². The molecule has 4 rings (SSSR count). The summed E-state index contributed by atoms with van der Waals surface area (Å²) in [5.41, 5.74) is 5.99. The highest BCUT2D eigenvalue weighted by molar-refractivity contribution is 5.83. The fourth-order valence-corrected chi connectivity index (χ4v) is 4.30. The number of rotatable bonds is 4. The number of hydrogen-bond acceptors (Lipinski definition) is 9. The van der Waals surface area contributed by atoms with Crippen LogP contribution in [-0.4, -0.2) is 65.3 Å². The number of primary amides is 1. The number of nitrogens with zero attached hydrogens (tertiary/aromatic N) is 2. The number of aldehydes is 1. The molecular formula is C18H19N3O8. The molecule has 0 saturated carbocycles. The van der Waals surface area contributed by atoms with Gasteiger partial charge in [-0.1, -0.05) is 0 Å². The highest BCUT2D eigenvalue weighted by Crippen LogP contribution is 2.56. The number of fused-ring (bicyclic) bond motifs is 6. The summed E-state index contributed by atoms with van der Waals surface area (Å²) in [5.74, 6) is -3.85.